The Morgan fingerprint density at radius 1 is 1.33 bits per heavy atom. The Hall–Kier alpha value is -1.10. The van der Waals surface area contributed by atoms with Crippen molar-refractivity contribution in [3.63, 3.8) is 0 Å². The maximum Gasteiger partial charge on any atom is 0.223 e. The van der Waals surface area contributed by atoms with Crippen molar-refractivity contribution in [2.24, 2.45) is 17.6 Å². The van der Waals surface area contributed by atoms with Crippen LogP contribution in [-0.4, -0.2) is 42.4 Å². The van der Waals surface area contributed by atoms with Crippen molar-refractivity contribution in [1.29, 1.82) is 0 Å². The molecule has 0 aromatic carbocycles. The van der Waals surface area contributed by atoms with E-state index in [1.165, 1.54) is 0 Å². The van der Waals surface area contributed by atoms with Crippen molar-refractivity contribution in [2.75, 3.05) is 19.6 Å². The number of likely N-dealkylation sites (tertiary alicyclic amines) is 1. The minimum absolute atomic E-state index is 0.160. The van der Waals surface area contributed by atoms with E-state index in [4.69, 9.17) is 5.73 Å². The van der Waals surface area contributed by atoms with Gasteiger partial charge in [0.2, 0.25) is 11.8 Å². The molecule has 0 aromatic heterocycles. The molecule has 3 atom stereocenters. The second-order valence-electron chi connectivity index (χ2n) is 5.63. The third kappa shape index (κ3) is 3.02. The molecule has 3 N–H and O–H groups in total. The molecule has 2 aliphatic heterocycles. The first kappa shape index (κ1) is 13.3. The summed E-state index contributed by atoms with van der Waals surface area (Å²) in [5.41, 5.74) is 5.35. The fourth-order valence-electron chi connectivity index (χ4n) is 2.94. The molecule has 2 heterocycles. The summed E-state index contributed by atoms with van der Waals surface area (Å²) in [6.45, 7) is 4.52. The van der Waals surface area contributed by atoms with Crippen LogP contribution in [0.4, 0.5) is 0 Å². The van der Waals surface area contributed by atoms with Crippen LogP contribution in [-0.2, 0) is 9.59 Å². The van der Waals surface area contributed by atoms with Crippen LogP contribution >= 0.6 is 0 Å². The Morgan fingerprint density at radius 2 is 2.11 bits per heavy atom. The third-order valence-electron chi connectivity index (χ3n) is 4.23. The number of hydrogen-bond acceptors (Lipinski definition) is 3. The fourth-order valence-corrected chi connectivity index (χ4v) is 2.94. The van der Waals surface area contributed by atoms with E-state index < -0.39 is 0 Å². The van der Waals surface area contributed by atoms with Gasteiger partial charge in [-0.3, -0.25) is 9.59 Å². The molecule has 3 unspecified atom stereocenters. The zero-order chi connectivity index (χ0) is 13.1. The maximum atomic E-state index is 12.3. The number of carbonyl (C=O) groups excluding carboxylic acids is 2. The van der Waals surface area contributed by atoms with Crippen LogP contribution in [0.1, 0.15) is 32.6 Å². The van der Waals surface area contributed by atoms with Gasteiger partial charge in [-0.1, -0.05) is 0 Å². The van der Waals surface area contributed by atoms with E-state index in [1.54, 1.807) is 0 Å². The number of primary amides is 1. The first-order valence-electron chi connectivity index (χ1n) is 6.87. The number of nitrogens with one attached hydrogen (secondary N) is 1. The molecule has 2 rings (SSSR count). The van der Waals surface area contributed by atoms with Crippen LogP contribution in [0.5, 0.6) is 0 Å². The molecule has 5 nitrogen and oxygen atoms in total. The van der Waals surface area contributed by atoms with E-state index >= 15 is 0 Å². The van der Waals surface area contributed by atoms with Gasteiger partial charge in [0.1, 0.15) is 0 Å². The van der Waals surface area contributed by atoms with Gasteiger partial charge >= 0.3 is 0 Å². The van der Waals surface area contributed by atoms with Crippen LogP contribution in [0.3, 0.4) is 0 Å². The molecule has 0 aliphatic carbocycles. The van der Waals surface area contributed by atoms with E-state index in [-0.39, 0.29) is 23.8 Å². The molecule has 0 spiro atoms. The van der Waals surface area contributed by atoms with E-state index in [1.807, 2.05) is 4.90 Å². The number of rotatable bonds is 3. The Balaban J connectivity index is 1.91. The Morgan fingerprint density at radius 3 is 2.72 bits per heavy atom. The minimum Gasteiger partial charge on any atom is -0.369 e. The summed E-state index contributed by atoms with van der Waals surface area (Å²) in [5.74, 6) is 0.204. The fraction of sp³-hybridized carbons (Fsp3) is 0.846. The van der Waals surface area contributed by atoms with Crippen LogP contribution in [0.2, 0.25) is 0 Å². The monoisotopic (exact) mass is 253 g/mol. The molecule has 2 saturated heterocycles. The summed E-state index contributed by atoms with van der Waals surface area (Å²) >= 11 is 0. The van der Waals surface area contributed by atoms with E-state index in [9.17, 15) is 9.59 Å². The highest BCUT2D eigenvalue weighted by molar-refractivity contribution is 5.80. The van der Waals surface area contributed by atoms with Gasteiger partial charge in [-0.2, -0.15) is 0 Å². The number of nitrogens with two attached hydrogens (primary N) is 1. The normalized spacial score (nSPS) is 32.5. The average Bonchev–Trinajstić information content (AvgIpc) is 2.81. The zero-order valence-electron chi connectivity index (χ0n) is 11.0. The highest BCUT2D eigenvalue weighted by atomic mass is 16.2. The molecule has 102 valence electrons. The van der Waals surface area contributed by atoms with Gasteiger partial charge in [0.15, 0.2) is 0 Å². The molecule has 18 heavy (non-hydrogen) atoms. The number of piperidine rings is 1. The number of carbonyl (C=O) groups is 2. The predicted octanol–water partition coefficient (Wildman–Crippen LogP) is 0.0984. The van der Waals surface area contributed by atoms with E-state index in [2.05, 4.69) is 12.2 Å². The van der Waals surface area contributed by atoms with Crippen LogP contribution in [0.15, 0.2) is 0 Å². The SMILES string of the molecule is CC1CCC(C(N)=O)CN1C(=O)CC1CCNC1. The second kappa shape index (κ2) is 5.69. The van der Waals surface area contributed by atoms with Crippen molar-refractivity contribution in [1.82, 2.24) is 10.2 Å². The molecule has 5 heteroatoms. The molecule has 0 saturated carbocycles. The second-order valence-corrected chi connectivity index (χ2v) is 5.63. The first-order valence-corrected chi connectivity index (χ1v) is 6.87. The summed E-state index contributed by atoms with van der Waals surface area (Å²) in [5, 5.41) is 3.27. The highest BCUT2D eigenvalue weighted by Gasteiger charge is 2.32. The Labute approximate surface area is 108 Å². The van der Waals surface area contributed by atoms with Gasteiger partial charge in [-0.25, -0.2) is 0 Å². The Bertz CT molecular complexity index is 326. The van der Waals surface area contributed by atoms with Gasteiger partial charge in [-0.15, -0.1) is 0 Å². The largest absolute Gasteiger partial charge is 0.369 e. The molecule has 2 aliphatic rings. The maximum absolute atomic E-state index is 12.3. The van der Waals surface area contributed by atoms with E-state index in [0.717, 1.165) is 32.4 Å². The third-order valence-corrected chi connectivity index (χ3v) is 4.23. The minimum atomic E-state index is -0.276. The van der Waals surface area contributed by atoms with Gasteiger partial charge in [-0.05, 0) is 45.2 Å². The van der Waals surface area contributed by atoms with Gasteiger partial charge < -0.3 is 16.0 Å². The number of nitrogens with zero attached hydrogens (tertiary/aromatic N) is 1. The molecular formula is C13H23N3O2. The molecule has 0 radical (unpaired) electrons. The van der Waals surface area contributed by atoms with E-state index in [0.29, 0.717) is 18.9 Å². The number of hydrogen-bond donors (Lipinski definition) is 2. The molecule has 2 amide bonds. The summed E-state index contributed by atoms with van der Waals surface area (Å²) in [6.07, 6.45) is 3.36. The zero-order valence-corrected chi connectivity index (χ0v) is 11.0. The summed E-state index contributed by atoms with van der Waals surface area (Å²) in [7, 11) is 0. The standard InChI is InChI=1S/C13H23N3O2/c1-9-2-3-11(13(14)18)8-16(9)12(17)6-10-4-5-15-7-10/h9-11,15H,2-8H2,1H3,(H2,14,18). The van der Waals surface area contributed by atoms with Gasteiger partial charge in [0.05, 0.1) is 5.92 Å². The molecular weight excluding hydrogens is 230 g/mol. The quantitative estimate of drug-likeness (QED) is 0.749. The lowest BCUT2D eigenvalue weighted by Gasteiger charge is -2.37. The van der Waals surface area contributed by atoms with Gasteiger partial charge in [0.25, 0.3) is 0 Å². The predicted molar refractivity (Wildman–Crippen MR) is 68.7 cm³/mol. The lowest BCUT2D eigenvalue weighted by atomic mass is 9.92. The van der Waals surface area contributed by atoms with Crippen molar-refractivity contribution in [3.05, 3.63) is 0 Å². The topological polar surface area (TPSA) is 75.4 Å². The van der Waals surface area contributed by atoms with Crippen molar-refractivity contribution in [3.8, 4) is 0 Å². The molecule has 0 aromatic rings. The summed E-state index contributed by atoms with van der Waals surface area (Å²) in [6, 6.07) is 0.238. The van der Waals surface area contributed by atoms with Crippen LogP contribution in [0, 0.1) is 11.8 Å². The molecule has 0 bridgehead atoms. The lowest BCUT2D eigenvalue weighted by Crippen LogP contribution is -2.49. The van der Waals surface area contributed by atoms with Crippen molar-refractivity contribution in [2.45, 2.75) is 38.6 Å². The lowest BCUT2D eigenvalue weighted by molar-refractivity contribution is -0.138. The summed E-state index contributed by atoms with van der Waals surface area (Å²) in [4.78, 5) is 25.4. The first-order chi connectivity index (χ1) is 8.58. The van der Waals surface area contributed by atoms with Crippen LogP contribution < -0.4 is 11.1 Å². The molecule has 2 fully saturated rings. The van der Waals surface area contributed by atoms with Crippen molar-refractivity contribution >= 4 is 11.8 Å². The van der Waals surface area contributed by atoms with Gasteiger partial charge in [0, 0.05) is 19.0 Å². The van der Waals surface area contributed by atoms with Crippen LogP contribution in [0.25, 0.3) is 0 Å². The van der Waals surface area contributed by atoms with Crippen molar-refractivity contribution < 1.29 is 9.59 Å². The Kier molecular flexibility index (Phi) is 4.22. The average molecular weight is 253 g/mol. The highest BCUT2D eigenvalue weighted by Crippen LogP contribution is 2.24. The smallest absolute Gasteiger partial charge is 0.223 e. The summed E-state index contributed by atoms with van der Waals surface area (Å²) < 4.78 is 0. The number of amides is 2.